The highest BCUT2D eigenvalue weighted by Crippen LogP contribution is 2.32. The first-order valence-electron chi connectivity index (χ1n) is 10.0. The summed E-state index contributed by atoms with van der Waals surface area (Å²) in [5.74, 6) is 1.72. The molecule has 0 saturated carbocycles. The van der Waals surface area contributed by atoms with E-state index in [1.807, 2.05) is 42.2 Å². The normalized spacial score (nSPS) is 12.1. The fourth-order valence-corrected chi connectivity index (χ4v) is 3.69. The number of aromatic nitrogens is 2. The summed E-state index contributed by atoms with van der Waals surface area (Å²) >= 11 is 0. The molecule has 30 heavy (non-hydrogen) atoms. The van der Waals surface area contributed by atoms with E-state index in [-0.39, 0.29) is 6.04 Å². The Labute approximate surface area is 177 Å². The molecule has 0 aliphatic carbocycles. The molecule has 154 valence electrons. The molecule has 0 aliphatic rings. The zero-order valence-corrected chi connectivity index (χ0v) is 17.8. The quantitative estimate of drug-likeness (QED) is 0.468. The predicted molar refractivity (Wildman–Crippen MR) is 121 cm³/mol. The minimum atomic E-state index is 0.202. The molecule has 0 spiro atoms. The zero-order chi connectivity index (χ0) is 21.1. The number of nitrogens with zero attached hydrogens (tertiary/aromatic N) is 2. The van der Waals surface area contributed by atoms with Crippen LogP contribution in [-0.2, 0) is 13.6 Å². The third-order valence-corrected chi connectivity index (χ3v) is 5.49. The van der Waals surface area contributed by atoms with Crippen molar-refractivity contribution in [3.8, 4) is 22.6 Å². The van der Waals surface area contributed by atoms with Gasteiger partial charge in [0, 0.05) is 48.5 Å². The molecular formula is C25H27N3O2. The van der Waals surface area contributed by atoms with E-state index >= 15 is 0 Å². The summed E-state index contributed by atoms with van der Waals surface area (Å²) in [6.45, 7) is 2.91. The van der Waals surface area contributed by atoms with Crippen molar-refractivity contribution < 1.29 is 9.47 Å². The smallest absolute Gasteiger partial charge is 0.139 e. The number of ether oxygens (including phenoxy) is 2. The number of benzene rings is 2. The average molecular weight is 402 g/mol. The molecule has 5 heteroatoms. The molecule has 0 radical (unpaired) electrons. The van der Waals surface area contributed by atoms with Crippen LogP contribution in [0.15, 0.2) is 67.0 Å². The van der Waals surface area contributed by atoms with Crippen LogP contribution < -0.4 is 14.8 Å². The maximum Gasteiger partial charge on any atom is 0.139 e. The summed E-state index contributed by atoms with van der Waals surface area (Å²) in [7, 11) is 5.40. The summed E-state index contributed by atoms with van der Waals surface area (Å²) in [4.78, 5) is 4.63. The number of methoxy groups -OCH3 is 2. The van der Waals surface area contributed by atoms with Gasteiger partial charge in [-0.3, -0.25) is 0 Å². The van der Waals surface area contributed by atoms with E-state index in [2.05, 4.69) is 53.6 Å². The Morgan fingerprint density at radius 2 is 1.90 bits per heavy atom. The van der Waals surface area contributed by atoms with Crippen LogP contribution in [0.4, 0.5) is 0 Å². The van der Waals surface area contributed by atoms with Crippen LogP contribution in [0.2, 0.25) is 0 Å². The predicted octanol–water partition coefficient (Wildman–Crippen LogP) is 5.11. The van der Waals surface area contributed by atoms with E-state index in [0.29, 0.717) is 0 Å². The molecular weight excluding hydrogens is 374 g/mol. The van der Waals surface area contributed by atoms with Crippen molar-refractivity contribution in [2.45, 2.75) is 19.5 Å². The van der Waals surface area contributed by atoms with Gasteiger partial charge < -0.3 is 19.4 Å². The van der Waals surface area contributed by atoms with Gasteiger partial charge in [0.1, 0.15) is 17.1 Å². The van der Waals surface area contributed by atoms with Gasteiger partial charge in [0.05, 0.1) is 14.2 Å². The molecule has 0 fully saturated rings. The lowest BCUT2D eigenvalue weighted by molar-refractivity contribution is 0.413. The maximum absolute atomic E-state index is 5.63. The monoisotopic (exact) mass is 401 g/mol. The number of rotatable bonds is 7. The van der Waals surface area contributed by atoms with Crippen molar-refractivity contribution in [1.82, 2.24) is 14.9 Å². The van der Waals surface area contributed by atoms with Crippen molar-refractivity contribution in [3.63, 3.8) is 0 Å². The molecule has 2 aromatic carbocycles. The number of hydrogen-bond acceptors (Lipinski definition) is 4. The average Bonchev–Trinajstić information content (AvgIpc) is 3.17. The standard InChI is InChI=1S/C25H27N3O2/c1-17(19-6-5-7-22(14-19)29-3)26-15-18-8-9-24(30-4)23(12-18)21-13-20-10-11-28(2)25(20)27-16-21/h5-14,16-17,26H,15H2,1-4H3/t17-/m1/s1. The number of fused-ring (bicyclic) bond motifs is 1. The number of pyridine rings is 1. The summed E-state index contributed by atoms with van der Waals surface area (Å²) in [6, 6.07) is 18.9. The van der Waals surface area contributed by atoms with Gasteiger partial charge in [-0.2, -0.15) is 0 Å². The van der Waals surface area contributed by atoms with E-state index in [1.54, 1.807) is 14.2 Å². The first-order valence-corrected chi connectivity index (χ1v) is 10.0. The van der Waals surface area contributed by atoms with Crippen LogP contribution in [0.3, 0.4) is 0 Å². The molecule has 5 nitrogen and oxygen atoms in total. The van der Waals surface area contributed by atoms with Gasteiger partial charge in [-0.15, -0.1) is 0 Å². The second kappa shape index (κ2) is 8.59. The van der Waals surface area contributed by atoms with E-state index in [1.165, 1.54) is 11.1 Å². The molecule has 1 N–H and O–H groups in total. The van der Waals surface area contributed by atoms with Crippen LogP contribution >= 0.6 is 0 Å². The van der Waals surface area contributed by atoms with Crippen LogP contribution in [0.1, 0.15) is 24.1 Å². The zero-order valence-electron chi connectivity index (χ0n) is 17.8. The van der Waals surface area contributed by atoms with Crippen LogP contribution in [0, 0.1) is 0 Å². The van der Waals surface area contributed by atoms with Crippen LogP contribution in [0.5, 0.6) is 11.5 Å². The summed E-state index contributed by atoms with van der Waals surface area (Å²) in [6.07, 6.45) is 3.94. The van der Waals surface area contributed by atoms with Crippen LogP contribution in [0.25, 0.3) is 22.2 Å². The van der Waals surface area contributed by atoms with Crippen molar-refractivity contribution in [1.29, 1.82) is 0 Å². The minimum absolute atomic E-state index is 0.202. The van der Waals surface area contributed by atoms with E-state index in [0.717, 1.165) is 40.2 Å². The van der Waals surface area contributed by atoms with Gasteiger partial charge in [-0.05, 0) is 54.4 Å². The van der Waals surface area contributed by atoms with Crippen molar-refractivity contribution in [2.75, 3.05) is 14.2 Å². The molecule has 1 atom stereocenters. The number of hydrogen-bond donors (Lipinski definition) is 1. The first kappa shape index (κ1) is 20.0. The maximum atomic E-state index is 5.63. The number of aryl methyl sites for hydroxylation is 1. The second-order valence-corrected chi connectivity index (χ2v) is 7.48. The van der Waals surface area contributed by atoms with E-state index in [4.69, 9.17) is 9.47 Å². The van der Waals surface area contributed by atoms with Gasteiger partial charge in [-0.25, -0.2) is 4.98 Å². The van der Waals surface area contributed by atoms with Crippen molar-refractivity contribution >= 4 is 11.0 Å². The molecule has 0 bridgehead atoms. The lowest BCUT2D eigenvalue weighted by Crippen LogP contribution is -2.18. The van der Waals surface area contributed by atoms with Gasteiger partial charge in [-0.1, -0.05) is 18.2 Å². The third-order valence-electron chi connectivity index (χ3n) is 5.49. The fourth-order valence-electron chi connectivity index (χ4n) is 3.69. The Hall–Kier alpha value is -3.31. The topological polar surface area (TPSA) is 48.3 Å². The van der Waals surface area contributed by atoms with Gasteiger partial charge in [0.25, 0.3) is 0 Å². The molecule has 2 heterocycles. The van der Waals surface area contributed by atoms with E-state index < -0.39 is 0 Å². The number of nitrogens with one attached hydrogen (secondary N) is 1. The highest BCUT2D eigenvalue weighted by atomic mass is 16.5. The van der Waals surface area contributed by atoms with Gasteiger partial charge in [0.15, 0.2) is 0 Å². The van der Waals surface area contributed by atoms with Gasteiger partial charge >= 0.3 is 0 Å². The largest absolute Gasteiger partial charge is 0.497 e. The Morgan fingerprint density at radius 1 is 1.03 bits per heavy atom. The highest BCUT2D eigenvalue weighted by Gasteiger charge is 2.11. The van der Waals surface area contributed by atoms with E-state index in [9.17, 15) is 0 Å². The SMILES string of the molecule is COc1cccc([C@@H](C)NCc2ccc(OC)c(-c3cnc4c(ccn4C)c3)c2)c1. The molecule has 0 aliphatic heterocycles. The lowest BCUT2D eigenvalue weighted by Gasteiger charge is -2.16. The minimum Gasteiger partial charge on any atom is -0.497 e. The van der Waals surface area contributed by atoms with Crippen molar-refractivity contribution in [2.24, 2.45) is 7.05 Å². The summed E-state index contributed by atoms with van der Waals surface area (Å²) in [5, 5.41) is 4.72. The highest BCUT2D eigenvalue weighted by molar-refractivity contribution is 5.83. The molecule has 4 rings (SSSR count). The molecule has 2 aromatic heterocycles. The Balaban J connectivity index is 1.57. The Kier molecular flexibility index (Phi) is 5.72. The van der Waals surface area contributed by atoms with Crippen LogP contribution in [-0.4, -0.2) is 23.8 Å². The molecule has 4 aromatic rings. The molecule has 0 saturated heterocycles. The Morgan fingerprint density at radius 3 is 2.70 bits per heavy atom. The lowest BCUT2D eigenvalue weighted by atomic mass is 10.0. The second-order valence-electron chi connectivity index (χ2n) is 7.48. The Bertz CT molecular complexity index is 1170. The van der Waals surface area contributed by atoms with Crippen molar-refractivity contribution in [3.05, 3.63) is 78.1 Å². The summed E-state index contributed by atoms with van der Waals surface area (Å²) < 4.78 is 13.0. The van der Waals surface area contributed by atoms with Gasteiger partial charge in [0.2, 0.25) is 0 Å². The summed E-state index contributed by atoms with van der Waals surface area (Å²) in [5.41, 5.74) is 5.45. The molecule has 0 unspecified atom stereocenters. The fraction of sp³-hybridized carbons (Fsp3) is 0.240. The molecule has 0 amide bonds. The third kappa shape index (κ3) is 4.02. The first-order chi connectivity index (χ1) is 14.6.